The van der Waals surface area contributed by atoms with E-state index in [0.717, 1.165) is 51.4 Å². The van der Waals surface area contributed by atoms with E-state index in [2.05, 4.69) is 26.7 Å². The monoisotopic (exact) mass is 359 g/mol. The van der Waals surface area contributed by atoms with Crippen LogP contribution in [0.25, 0.3) is 0 Å². The highest BCUT2D eigenvalue weighted by atomic mass is 16.5. The predicted octanol–water partition coefficient (Wildman–Crippen LogP) is 2.82. The van der Waals surface area contributed by atoms with E-state index in [1.165, 1.54) is 0 Å². The summed E-state index contributed by atoms with van der Waals surface area (Å²) in [5.74, 6) is 1.12. The fourth-order valence-corrected chi connectivity index (χ4v) is 3.93. The third kappa shape index (κ3) is 5.05. The lowest BCUT2D eigenvalue weighted by Crippen LogP contribution is -2.30. The molecule has 2 fully saturated rings. The van der Waals surface area contributed by atoms with Crippen LogP contribution in [0.15, 0.2) is 6.20 Å². The first-order valence-electron chi connectivity index (χ1n) is 9.69. The molecule has 2 saturated carbocycles. The molecule has 0 spiro atoms. The Kier molecular flexibility index (Phi) is 6.64. The molecule has 0 amide bonds. The topological polar surface area (TPSA) is 103 Å². The smallest absolute Gasteiger partial charge is 0.224 e. The number of aromatic nitrogens is 2. The van der Waals surface area contributed by atoms with Gasteiger partial charge in [0.15, 0.2) is 0 Å². The highest BCUT2D eigenvalue weighted by molar-refractivity contribution is 5.54. The summed E-state index contributed by atoms with van der Waals surface area (Å²) in [7, 11) is 1.77. The van der Waals surface area contributed by atoms with Gasteiger partial charge in [-0.3, -0.25) is 0 Å². The molecule has 2 atom stereocenters. The largest absolute Gasteiger partial charge is 0.393 e. The van der Waals surface area contributed by atoms with Gasteiger partial charge in [0, 0.05) is 19.2 Å². The number of hydrogen-bond acceptors (Lipinski definition) is 7. The number of ether oxygens (including phenoxy) is 1. The maximum Gasteiger partial charge on any atom is 0.224 e. The van der Waals surface area contributed by atoms with Crippen molar-refractivity contribution in [2.45, 2.75) is 82.1 Å². The van der Waals surface area contributed by atoms with Crippen LogP contribution in [0.5, 0.6) is 0 Å². The van der Waals surface area contributed by atoms with E-state index in [4.69, 9.17) is 4.74 Å². The van der Waals surface area contributed by atoms with Crippen molar-refractivity contribution in [3.8, 4) is 6.07 Å². The zero-order valence-electron chi connectivity index (χ0n) is 15.4. The molecule has 1 aromatic heterocycles. The molecule has 3 rings (SSSR count). The Bertz CT molecular complexity index is 625. The van der Waals surface area contributed by atoms with Crippen LogP contribution in [0.1, 0.15) is 63.4 Å². The van der Waals surface area contributed by atoms with Crippen LogP contribution in [0, 0.1) is 11.3 Å². The predicted molar refractivity (Wildman–Crippen MR) is 99.9 cm³/mol. The number of nitrogens with one attached hydrogen (secondary N) is 2. The lowest BCUT2D eigenvalue weighted by Gasteiger charge is -2.28. The normalized spacial score (nSPS) is 29.4. The molecule has 2 aliphatic carbocycles. The molecule has 2 aliphatic rings. The van der Waals surface area contributed by atoms with Crippen molar-refractivity contribution in [1.29, 1.82) is 5.26 Å². The van der Waals surface area contributed by atoms with E-state index in [9.17, 15) is 10.4 Å². The van der Waals surface area contributed by atoms with Gasteiger partial charge in [-0.25, -0.2) is 4.98 Å². The van der Waals surface area contributed by atoms with Crippen molar-refractivity contribution in [1.82, 2.24) is 9.97 Å². The van der Waals surface area contributed by atoms with E-state index >= 15 is 0 Å². The molecular formula is C19H29N5O2. The summed E-state index contributed by atoms with van der Waals surface area (Å²) in [5, 5.41) is 26.2. The summed E-state index contributed by atoms with van der Waals surface area (Å²) in [4.78, 5) is 8.86. The number of hydrogen-bond donors (Lipinski definition) is 3. The maximum absolute atomic E-state index is 10.0. The lowest BCUT2D eigenvalue weighted by molar-refractivity contribution is 0.0681. The van der Waals surface area contributed by atoms with Gasteiger partial charge in [0.25, 0.3) is 0 Å². The number of methoxy groups -OCH3 is 1. The van der Waals surface area contributed by atoms with Crippen molar-refractivity contribution in [3.05, 3.63) is 11.8 Å². The van der Waals surface area contributed by atoms with Crippen molar-refractivity contribution >= 4 is 11.8 Å². The summed E-state index contributed by atoms with van der Waals surface area (Å²) < 4.78 is 5.42. The Morgan fingerprint density at radius 3 is 2.62 bits per heavy atom. The Labute approximate surface area is 155 Å². The summed E-state index contributed by atoms with van der Waals surface area (Å²) in [6.45, 7) is 0. The SMILES string of the molecule is CO[C@H]1CC[C@H](Nc2ncc(C#N)c(N[C@@H]3CCCC[C@H](O)C3)n2)CC1. The Hall–Kier alpha value is -1.91. The zero-order valence-corrected chi connectivity index (χ0v) is 15.4. The van der Waals surface area contributed by atoms with Crippen LogP contribution in [-0.4, -0.2) is 46.5 Å². The van der Waals surface area contributed by atoms with Crippen LogP contribution in [0.2, 0.25) is 0 Å². The zero-order chi connectivity index (χ0) is 18.4. The molecule has 3 N–H and O–H groups in total. The Balaban J connectivity index is 1.65. The minimum atomic E-state index is -0.282. The molecular weight excluding hydrogens is 330 g/mol. The lowest BCUT2D eigenvalue weighted by atomic mass is 9.93. The Morgan fingerprint density at radius 1 is 1.12 bits per heavy atom. The molecule has 0 saturated heterocycles. The van der Waals surface area contributed by atoms with Crippen LogP contribution in [0.4, 0.5) is 11.8 Å². The summed E-state index contributed by atoms with van der Waals surface area (Å²) in [5.41, 5.74) is 0.442. The molecule has 1 heterocycles. The first-order valence-corrected chi connectivity index (χ1v) is 9.69. The van der Waals surface area contributed by atoms with Gasteiger partial charge in [-0.15, -0.1) is 0 Å². The summed E-state index contributed by atoms with van der Waals surface area (Å²) >= 11 is 0. The van der Waals surface area contributed by atoms with Crippen molar-refractivity contribution in [2.24, 2.45) is 0 Å². The standard InChI is InChI=1S/C19H29N5O2/c1-26-17-8-6-14(7-9-17)23-19-21-12-13(11-20)18(24-19)22-15-4-2-3-5-16(25)10-15/h12,14-17,25H,2-10H2,1H3,(H2,21,22,23,24)/t14-,15-,16+,17-/m1/s1. The second kappa shape index (κ2) is 9.15. The van der Waals surface area contributed by atoms with Crippen molar-refractivity contribution in [2.75, 3.05) is 17.7 Å². The van der Waals surface area contributed by atoms with Gasteiger partial charge in [-0.05, 0) is 44.9 Å². The minimum absolute atomic E-state index is 0.138. The van der Waals surface area contributed by atoms with Crippen molar-refractivity contribution < 1.29 is 9.84 Å². The van der Waals surface area contributed by atoms with Gasteiger partial charge >= 0.3 is 0 Å². The van der Waals surface area contributed by atoms with Crippen LogP contribution >= 0.6 is 0 Å². The van der Waals surface area contributed by atoms with E-state index < -0.39 is 0 Å². The Morgan fingerprint density at radius 2 is 1.88 bits per heavy atom. The van der Waals surface area contributed by atoms with Gasteiger partial charge < -0.3 is 20.5 Å². The van der Waals surface area contributed by atoms with Gasteiger partial charge in [0.2, 0.25) is 5.95 Å². The molecule has 7 heteroatoms. The summed E-state index contributed by atoms with van der Waals surface area (Å²) in [6, 6.07) is 2.64. The van der Waals surface area contributed by atoms with Gasteiger partial charge in [-0.2, -0.15) is 10.2 Å². The number of nitrogens with zero attached hydrogens (tertiary/aromatic N) is 3. The first kappa shape index (κ1) is 18.9. The summed E-state index contributed by atoms with van der Waals surface area (Å²) in [6.07, 6.45) is 10.4. The van der Waals surface area contributed by atoms with E-state index in [1.54, 1.807) is 13.3 Å². The third-order valence-electron chi connectivity index (χ3n) is 5.49. The molecule has 26 heavy (non-hydrogen) atoms. The quantitative estimate of drug-likeness (QED) is 0.695. The molecule has 0 radical (unpaired) electrons. The minimum Gasteiger partial charge on any atom is -0.393 e. The number of aliphatic hydroxyl groups excluding tert-OH is 1. The number of nitriles is 1. The molecule has 7 nitrogen and oxygen atoms in total. The molecule has 1 aromatic rings. The highest BCUT2D eigenvalue weighted by Crippen LogP contribution is 2.25. The van der Waals surface area contributed by atoms with Crippen LogP contribution in [0.3, 0.4) is 0 Å². The highest BCUT2D eigenvalue weighted by Gasteiger charge is 2.23. The van der Waals surface area contributed by atoms with E-state index in [0.29, 0.717) is 35.9 Å². The molecule has 0 unspecified atom stereocenters. The fraction of sp³-hybridized carbons (Fsp3) is 0.737. The van der Waals surface area contributed by atoms with Crippen LogP contribution in [-0.2, 0) is 4.74 Å². The third-order valence-corrected chi connectivity index (χ3v) is 5.49. The van der Waals surface area contributed by atoms with E-state index in [-0.39, 0.29) is 12.1 Å². The average Bonchev–Trinajstić information content (AvgIpc) is 2.86. The molecule has 0 aromatic carbocycles. The van der Waals surface area contributed by atoms with Crippen LogP contribution < -0.4 is 10.6 Å². The number of anilines is 2. The second-order valence-electron chi connectivity index (χ2n) is 7.44. The van der Waals surface area contributed by atoms with E-state index in [1.807, 2.05) is 0 Å². The fourth-order valence-electron chi connectivity index (χ4n) is 3.93. The van der Waals surface area contributed by atoms with Gasteiger partial charge in [-0.1, -0.05) is 12.8 Å². The first-order chi connectivity index (χ1) is 12.7. The maximum atomic E-state index is 10.0. The van der Waals surface area contributed by atoms with Gasteiger partial charge in [0.05, 0.1) is 18.4 Å². The second-order valence-corrected chi connectivity index (χ2v) is 7.44. The van der Waals surface area contributed by atoms with Crippen molar-refractivity contribution in [3.63, 3.8) is 0 Å². The molecule has 0 aliphatic heterocycles. The number of aliphatic hydroxyl groups is 1. The molecule has 0 bridgehead atoms. The number of rotatable bonds is 5. The molecule has 142 valence electrons. The average molecular weight is 359 g/mol. The van der Waals surface area contributed by atoms with Gasteiger partial charge in [0.1, 0.15) is 17.5 Å².